The molecule has 1 heterocycles. The third-order valence-electron chi connectivity index (χ3n) is 3.20. The first-order chi connectivity index (χ1) is 9.95. The lowest BCUT2D eigenvalue weighted by molar-refractivity contribution is 0.325. The maximum atomic E-state index is 13.3. The van der Waals surface area contributed by atoms with Crippen LogP contribution in [0.3, 0.4) is 0 Å². The van der Waals surface area contributed by atoms with E-state index in [1.165, 1.54) is 6.07 Å². The molecule has 0 fully saturated rings. The molecule has 0 radical (unpaired) electrons. The van der Waals surface area contributed by atoms with Gasteiger partial charge in [0.15, 0.2) is 0 Å². The van der Waals surface area contributed by atoms with Crippen molar-refractivity contribution < 1.29 is 17.5 Å². The van der Waals surface area contributed by atoms with Crippen molar-refractivity contribution in [3.8, 4) is 5.75 Å². The summed E-state index contributed by atoms with van der Waals surface area (Å²) >= 11 is 0. The van der Waals surface area contributed by atoms with Crippen LogP contribution in [0, 0.1) is 5.82 Å². The summed E-state index contributed by atoms with van der Waals surface area (Å²) in [6.07, 6.45) is 0. The highest BCUT2D eigenvalue weighted by atomic mass is 32.2. The summed E-state index contributed by atoms with van der Waals surface area (Å²) < 4.78 is 45.9. The van der Waals surface area contributed by atoms with Gasteiger partial charge < -0.3 is 10.5 Å². The molecule has 2 aromatic carbocycles. The van der Waals surface area contributed by atoms with Crippen LogP contribution in [0.5, 0.6) is 5.75 Å². The molecular formula is C14H13FN2O3S. The van der Waals surface area contributed by atoms with Gasteiger partial charge in [-0.3, -0.25) is 0 Å². The number of benzene rings is 2. The highest BCUT2D eigenvalue weighted by molar-refractivity contribution is 7.89. The number of hydrogen-bond acceptors (Lipinski definition) is 4. The summed E-state index contributed by atoms with van der Waals surface area (Å²) in [4.78, 5) is -0.204. The van der Waals surface area contributed by atoms with Crippen LogP contribution in [0.2, 0.25) is 0 Å². The van der Waals surface area contributed by atoms with E-state index in [9.17, 15) is 12.8 Å². The van der Waals surface area contributed by atoms with E-state index in [1.54, 1.807) is 18.2 Å². The molecule has 1 atom stereocenters. The lowest BCUT2D eigenvalue weighted by Crippen LogP contribution is -2.29. The van der Waals surface area contributed by atoms with Gasteiger partial charge in [-0.25, -0.2) is 17.5 Å². The van der Waals surface area contributed by atoms with E-state index in [-0.39, 0.29) is 17.2 Å². The van der Waals surface area contributed by atoms with E-state index in [1.807, 2.05) is 6.07 Å². The summed E-state index contributed by atoms with van der Waals surface area (Å²) in [5, 5.41) is 0. The second kappa shape index (κ2) is 5.01. The number of rotatable bonds is 3. The second-order valence-electron chi connectivity index (χ2n) is 4.74. The Morgan fingerprint density at radius 1 is 1.24 bits per heavy atom. The molecule has 3 rings (SSSR count). The normalized spacial score (nSPS) is 17.3. The third kappa shape index (κ3) is 2.70. The molecule has 0 saturated heterocycles. The number of sulfonamides is 1. The van der Waals surface area contributed by atoms with E-state index in [0.29, 0.717) is 5.75 Å². The SMILES string of the molecule is Nc1cc(F)cc(S(=O)(=O)NC2COc3ccccc32)c1. The quantitative estimate of drug-likeness (QED) is 0.848. The topological polar surface area (TPSA) is 81.4 Å². The Kier molecular flexibility index (Phi) is 3.30. The average Bonchev–Trinajstić information content (AvgIpc) is 2.81. The predicted octanol–water partition coefficient (Wildman–Crippen LogP) is 1.82. The van der Waals surface area contributed by atoms with Crippen LogP contribution in [-0.2, 0) is 10.0 Å². The molecule has 7 heteroatoms. The number of halogens is 1. The molecule has 5 nitrogen and oxygen atoms in total. The van der Waals surface area contributed by atoms with Gasteiger partial charge >= 0.3 is 0 Å². The number of nitrogen functional groups attached to an aromatic ring is 1. The van der Waals surface area contributed by atoms with Crippen molar-refractivity contribution in [3.05, 3.63) is 53.8 Å². The van der Waals surface area contributed by atoms with Crippen molar-refractivity contribution in [2.75, 3.05) is 12.3 Å². The molecule has 0 bridgehead atoms. The second-order valence-corrected chi connectivity index (χ2v) is 6.46. The summed E-state index contributed by atoms with van der Waals surface area (Å²) in [6.45, 7) is 0.198. The molecule has 21 heavy (non-hydrogen) atoms. The summed E-state index contributed by atoms with van der Waals surface area (Å²) in [5.74, 6) is -0.0533. The van der Waals surface area contributed by atoms with Crippen LogP contribution in [0.4, 0.5) is 10.1 Å². The van der Waals surface area contributed by atoms with E-state index in [2.05, 4.69) is 4.72 Å². The molecule has 2 aromatic rings. The molecule has 110 valence electrons. The van der Waals surface area contributed by atoms with Gasteiger partial charge in [0.05, 0.1) is 10.9 Å². The van der Waals surface area contributed by atoms with Gasteiger partial charge in [0, 0.05) is 11.3 Å². The van der Waals surface area contributed by atoms with Crippen molar-refractivity contribution in [2.45, 2.75) is 10.9 Å². The Morgan fingerprint density at radius 2 is 2.00 bits per heavy atom. The van der Waals surface area contributed by atoms with Crippen LogP contribution in [0.25, 0.3) is 0 Å². The predicted molar refractivity (Wildman–Crippen MR) is 75.8 cm³/mol. The van der Waals surface area contributed by atoms with Crippen LogP contribution in [0.15, 0.2) is 47.4 Å². The van der Waals surface area contributed by atoms with Crippen molar-refractivity contribution in [1.82, 2.24) is 4.72 Å². The molecule has 1 unspecified atom stereocenters. The first-order valence-corrected chi connectivity index (χ1v) is 7.74. The number of fused-ring (bicyclic) bond motifs is 1. The molecule has 0 aromatic heterocycles. The largest absolute Gasteiger partial charge is 0.491 e. The molecule has 1 aliphatic heterocycles. The van der Waals surface area contributed by atoms with Crippen molar-refractivity contribution >= 4 is 15.7 Å². The van der Waals surface area contributed by atoms with E-state index in [0.717, 1.165) is 17.7 Å². The Morgan fingerprint density at radius 3 is 2.76 bits per heavy atom. The fourth-order valence-electron chi connectivity index (χ4n) is 2.26. The molecule has 0 amide bonds. The van der Waals surface area contributed by atoms with Gasteiger partial charge in [0.25, 0.3) is 0 Å². The Bertz CT molecular complexity index is 772. The minimum absolute atomic E-state index is 0.0541. The van der Waals surface area contributed by atoms with Gasteiger partial charge in [-0.15, -0.1) is 0 Å². The number of nitrogens with one attached hydrogen (secondary N) is 1. The maximum Gasteiger partial charge on any atom is 0.241 e. The average molecular weight is 308 g/mol. The first kappa shape index (κ1) is 13.8. The van der Waals surface area contributed by atoms with Crippen LogP contribution < -0.4 is 15.2 Å². The van der Waals surface area contributed by atoms with E-state index < -0.39 is 21.9 Å². The first-order valence-electron chi connectivity index (χ1n) is 6.26. The monoisotopic (exact) mass is 308 g/mol. The fourth-order valence-corrected chi connectivity index (χ4v) is 3.52. The maximum absolute atomic E-state index is 13.3. The van der Waals surface area contributed by atoms with Gasteiger partial charge in [0.1, 0.15) is 18.2 Å². The van der Waals surface area contributed by atoms with Crippen LogP contribution >= 0.6 is 0 Å². The standard InChI is InChI=1S/C14H13FN2O3S/c15-9-5-10(16)7-11(6-9)21(18,19)17-13-8-20-14-4-2-1-3-12(13)14/h1-7,13,17H,8,16H2. The minimum atomic E-state index is -3.88. The minimum Gasteiger partial charge on any atom is -0.491 e. The van der Waals surface area contributed by atoms with Gasteiger partial charge in [-0.1, -0.05) is 18.2 Å². The highest BCUT2D eigenvalue weighted by Crippen LogP contribution is 2.32. The van der Waals surface area contributed by atoms with E-state index in [4.69, 9.17) is 10.5 Å². The molecular weight excluding hydrogens is 295 g/mol. The van der Waals surface area contributed by atoms with Crippen LogP contribution in [-0.4, -0.2) is 15.0 Å². The zero-order chi connectivity index (χ0) is 15.0. The third-order valence-corrected chi connectivity index (χ3v) is 4.65. The zero-order valence-electron chi connectivity index (χ0n) is 10.9. The van der Waals surface area contributed by atoms with Crippen LogP contribution in [0.1, 0.15) is 11.6 Å². The lowest BCUT2D eigenvalue weighted by atomic mass is 10.1. The number of ether oxygens (including phenoxy) is 1. The number of hydrogen-bond donors (Lipinski definition) is 2. The molecule has 0 spiro atoms. The smallest absolute Gasteiger partial charge is 0.241 e. The summed E-state index contributed by atoms with van der Waals surface area (Å²) in [7, 11) is -3.88. The number of anilines is 1. The summed E-state index contributed by atoms with van der Waals surface area (Å²) in [5.41, 5.74) is 6.29. The van der Waals surface area contributed by atoms with Gasteiger partial charge in [-0.05, 0) is 24.3 Å². The Labute approximate surface area is 121 Å². The molecule has 0 saturated carbocycles. The van der Waals surface area contributed by atoms with E-state index >= 15 is 0 Å². The number of para-hydroxylation sites is 1. The number of nitrogens with two attached hydrogens (primary N) is 1. The Hall–Kier alpha value is -2.12. The Balaban J connectivity index is 1.91. The molecule has 0 aliphatic carbocycles. The van der Waals surface area contributed by atoms with Gasteiger partial charge in [0.2, 0.25) is 10.0 Å². The fraction of sp³-hybridized carbons (Fsp3) is 0.143. The molecule has 1 aliphatic rings. The zero-order valence-corrected chi connectivity index (χ0v) is 11.7. The van der Waals surface area contributed by atoms with Crippen molar-refractivity contribution in [3.63, 3.8) is 0 Å². The highest BCUT2D eigenvalue weighted by Gasteiger charge is 2.28. The van der Waals surface area contributed by atoms with Gasteiger partial charge in [-0.2, -0.15) is 0 Å². The summed E-state index contributed by atoms with van der Waals surface area (Å²) in [6, 6.07) is 9.87. The lowest BCUT2D eigenvalue weighted by Gasteiger charge is -2.12. The molecule has 3 N–H and O–H groups in total. The van der Waals surface area contributed by atoms with Crippen molar-refractivity contribution in [2.24, 2.45) is 0 Å². The van der Waals surface area contributed by atoms with Crippen molar-refractivity contribution in [1.29, 1.82) is 0 Å².